The minimum atomic E-state index is -0.187. The predicted molar refractivity (Wildman–Crippen MR) is 62.9 cm³/mol. The number of carbonyl (C=O) groups is 1. The number of benzene rings is 1. The number of nitrogens with one attached hydrogen (secondary N) is 1. The molecule has 1 aromatic carbocycles. The fourth-order valence-corrected chi connectivity index (χ4v) is 1.77. The monoisotopic (exact) mass is 234 g/mol. The highest BCUT2D eigenvalue weighted by atomic mass is 32.1. The van der Waals surface area contributed by atoms with Crippen LogP contribution in [0.25, 0.3) is 0 Å². The third kappa shape index (κ3) is 2.20. The molecule has 0 fully saturated rings. The molecule has 0 aliphatic carbocycles. The van der Waals surface area contributed by atoms with Crippen molar-refractivity contribution in [3.05, 3.63) is 40.3 Å². The summed E-state index contributed by atoms with van der Waals surface area (Å²) in [5.74, 6) is 0.0309. The molecule has 0 aliphatic heterocycles. The lowest BCUT2D eigenvalue weighted by Gasteiger charge is -2.05. The molecule has 0 atom stereocenters. The van der Waals surface area contributed by atoms with Crippen molar-refractivity contribution in [2.24, 2.45) is 0 Å². The Hall–Kier alpha value is -1.88. The average Bonchev–Trinajstić information content (AvgIpc) is 2.77. The molecule has 1 aromatic heterocycles. The number of anilines is 1. The molecule has 2 aromatic rings. The van der Waals surface area contributed by atoms with Crippen LogP contribution in [0.1, 0.15) is 15.2 Å². The molecule has 1 amide bonds. The van der Waals surface area contributed by atoms with Crippen molar-refractivity contribution in [3.8, 4) is 5.75 Å². The van der Waals surface area contributed by atoms with Crippen molar-refractivity contribution < 1.29 is 9.90 Å². The second-order valence-corrected chi connectivity index (χ2v) is 4.21. The van der Waals surface area contributed by atoms with E-state index in [9.17, 15) is 9.90 Å². The van der Waals surface area contributed by atoms with Crippen LogP contribution in [0.3, 0.4) is 0 Å². The summed E-state index contributed by atoms with van der Waals surface area (Å²) in [6.07, 6.45) is 1.52. The fourth-order valence-electron chi connectivity index (χ4n) is 1.25. The van der Waals surface area contributed by atoms with Gasteiger partial charge in [-0.05, 0) is 30.7 Å². The van der Waals surface area contributed by atoms with Crippen LogP contribution < -0.4 is 5.32 Å². The number of phenolic OH excluding ortho intramolecular Hbond substituents is 1. The summed E-state index contributed by atoms with van der Waals surface area (Å²) in [5.41, 5.74) is 2.99. The summed E-state index contributed by atoms with van der Waals surface area (Å²) < 4.78 is 0. The van der Waals surface area contributed by atoms with Crippen molar-refractivity contribution >= 4 is 22.9 Å². The van der Waals surface area contributed by atoms with Crippen LogP contribution in [0.2, 0.25) is 0 Å². The van der Waals surface area contributed by atoms with Gasteiger partial charge in [0, 0.05) is 5.69 Å². The molecule has 5 heteroatoms. The molecule has 0 saturated heterocycles. The maximum Gasteiger partial charge on any atom is 0.267 e. The number of thiazole rings is 1. The Morgan fingerprint density at radius 2 is 2.31 bits per heavy atom. The summed E-state index contributed by atoms with van der Waals surface area (Å²) in [6.45, 7) is 1.78. The molecular weight excluding hydrogens is 224 g/mol. The highest BCUT2D eigenvalue weighted by Gasteiger charge is 2.07. The first-order chi connectivity index (χ1) is 7.66. The lowest BCUT2D eigenvalue weighted by molar-refractivity contribution is 0.103. The van der Waals surface area contributed by atoms with Gasteiger partial charge in [0.2, 0.25) is 0 Å². The third-order valence-electron chi connectivity index (χ3n) is 2.11. The Bertz CT molecular complexity index is 509. The van der Waals surface area contributed by atoms with Crippen LogP contribution in [0.5, 0.6) is 5.75 Å². The highest BCUT2D eigenvalue weighted by molar-refractivity contribution is 7.11. The van der Waals surface area contributed by atoms with Crippen LogP contribution in [-0.4, -0.2) is 16.0 Å². The molecule has 0 saturated carbocycles. The maximum absolute atomic E-state index is 11.7. The number of rotatable bonds is 2. The van der Waals surface area contributed by atoms with Gasteiger partial charge >= 0.3 is 0 Å². The first kappa shape index (κ1) is 10.6. The lowest BCUT2D eigenvalue weighted by atomic mass is 10.2. The van der Waals surface area contributed by atoms with E-state index in [-0.39, 0.29) is 11.7 Å². The molecule has 82 valence electrons. The highest BCUT2D eigenvalue weighted by Crippen LogP contribution is 2.20. The Balaban J connectivity index is 2.15. The number of nitrogens with zero attached hydrogens (tertiary/aromatic N) is 1. The number of aromatic nitrogens is 1. The zero-order chi connectivity index (χ0) is 11.5. The number of hydrogen-bond acceptors (Lipinski definition) is 4. The number of amides is 1. The summed E-state index contributed by atoms with van der Waals surface area (Å²) >= 11 is 1.29. The van der Waals surface area contributed by atoms with E-state index in [0.717, 1.165) is 5.56 Å². The van der Waals surface area contributed by atoms with E-state index in [1.54, 1.807) is 30.6 Å². The van der Waals surface area contributed by atoms with Gasteiger partial charge in [-0.1, -0.05) is 0 Å². The average molecular weight is 234 g/mol. The Morgan fingerprint density at radius 1 is 1.50 bits per heavy atom. The van der Waals surface area contributed by atoms with Crippen LogP contribution in [0.4, 0.5) is 5.69 Å². The number of aryl methyl sites for hydroxylation is 1. The van der Waals surface area contributed by atoms with Crippen LogP contribution in [0.15, 0.2) is 29.9 Å². The summed E-state index contributed by atoms with van der Waals surface area (Å²) in [5, 5.41) is 12.1. The maximum atomic E-state index is 11.7. The van der Waals surface area contributed by atoms with Crippen LogP contribution in [-0.2, 0) is 0 Å². The van der Waals surface area contributed by atoms with E-state index in [0.29, 0.717) is 10.6 Å². The molecule has 0 unspecified atom stereocenters. The molecule has 2 N–H and O–H groups in total. The first-order valence-corrected chi connectivity index (χ1v) is 5.54. The van der Waals surface area contributed by atoms with E-state index in [1.165, 1.54) is 17.5 Å². The quantitative estimate of drug-likeness (QED) is 0.784. The largest absolute Gasteiger partial charge is 0.508 e. The van der Waals surface area contributed by atoms with Crippen molar-refractivity contribution in [1.29, 1.82) is 0 Å². The third-order valence-corrected chi connectivity index (χ3v) is 2.88. The molecule has 16 heavy (non-hydrogen) atoms. The van der Waals surface area contributed by atoms with Gasteiger partial charge in [-0.15, -0.1) is 11.3 Å². The minimum Gasteiger partial charge on any atom is -0.508 e. The Kier molecular flexibility index (Phi) is 2.87. The van der Waals surface area contributed by atoms with Crippen molar-refractivity contribution in [3.63, 3.8) is 0 Å². The Labute approximate surface area is 96.6 Å². The predicted octanol–water partition coefficient (Wildman–Crippen LogP) is 2.41. The molecule has 0 bridgehead atoms. The van der Waals surface area contributed by atoms with Crippen molar-refractivity contribution in [2.45, 2.75) is 6.92 Å². The number of aromatic hydroxyl groups is 1. The van der Waals surface area contributed by atoms with Gasteiger partial charge in [0.05, 0.1) is 11.7 Å². The summed E-state index contributed by atoms with van der Waals surface area (Å²) in [4.78, 5) is 16.1. The molecular formula is C11H10N2O2S. The molecule has 0 radical (unpaired) electrons. The number of hydrogen-bond donors (Lipinski definition) is 2. The normalized spacial score (nSPS) is 10.1. The van der Waals surface area contributed by atoms with Gasteiger partial charge in [-0.2, -0.15) is 0 Å². The first-order valence-electron chi connectivity index (χ1n) is 4.66. The molecule has 0 aliphatic rings. The van der Waals surface area contributed by atoms with Gasteiger partial charge in [0.25, 0.3) is 5.91 Å². The van der Waals surface area contributed by atoms with Gasteiger partial charge in [0.1, 0.15) is 10.6 Å². The number of phenols is 1. The topological polar surface area (TPSA) is 62.2 Å². The second kappa shape index (κ2) is 4.32. The standard InChI is InChI=1S/C11H10N2O2S/c1-7-4-8(2-3-9(7)14)13-11(15)10-5-12-6-16-10/h2-6,14H,1H3,(H,13,15). The van der Waals surface area contributed by atoms with Gasteiger partial charge < -0.3 is 10.4 Å². The molecule has 1 heterocycles. The zero-order valence-electron chi connectivity index (χ0n) is 8.60. The van der Waals surface area contributed by atoms with Gasteiger partial charge in [-0.3, -0.25) is 9.78 Å². The molecule has 2 rings (SSSR count). The smallest absolute Gasteiger partial charge is 0.267 e. The zero-order valence-corrected chi connectivity index (χ0v) is 9.41. The Morgan fingerprint density at radius 3 is 2.94 bits per heavy atom. The van der Waals surface area contributed by atoms with Gasteiger partial charge in [-0.25, -0.2) is 0 Å². The lowest BCUT2D eigenvalue weighted by Crippen LogP contribution is -2.10. The van der Waals surface area contributed by atoms with Crippen LogP contribution in [0, 0.1) is 6.92 Å². The van der Waals surface area contributed by atoms with E-state index < -0.39 is 0 Å². The second-order valence-electron chi connectivity index (χ2n) is 3.32. The van der Waals surface area contributed by atoms with Crippen LogP contribution >= 0.6 is 11.3 Å². The van der Waals surface area contributed by atoms with E-state index in [1.807, 2.05) is 0 Å². The van der Waals surface area contributed by atoms with Crippen molar-refractivity contribution in [1.82, 2.24) is 4.98 Å². The van der Waals surface area contributed by atoms with Gasteiger partial charge in [0.15, 0.2) is 0 Å². The summed E-state index contributed by atoms with van der Waals surface area (Å²) in [7, 11) is 0. The van der Waals surface area contributed by atoms with E-state index in [4.69, 9.17) is 0 Å². The SMILES string of the molecule is Cc1cc(NC(=O)c2cncs2)ccc1O. The van der Waals surface area contributed by atoms with E-state index >= 15 is 0 Å². The van der Waals surface area contributed by atoms with E-state index in [2.05, 4.69) is 10.3 Å². The fraction of sp³-hybridized carbons (Fsp3) is 0.0909. The molecule has 0 spiro atoms. The molecule has 4 nitrogen and oxygen atoms in total. The number of carbonyl (C=O) groups excluding carboxylic acids is 1. The summed E-state index contributed by atoms with van der Waals surface area (Å²) in [6, 6.07) is 4.92. The van der Waals surface area contributed by atoms with Crippen molar-refractivity contribution in [2.75, 3.05) is 5.32 Å². The minimum absolute atomic E-state index is 0.187.